The lowest BCUT2D eigenvalue weighted by Gasteiger charge is -2.17. The fourth-order valence-electron chi connectivity index (χ4n) is 4.29. The van der Waals surface area contributed by atoms with Gasteiger partial charge in [0.15, 0.2) is 5.82 Å². The van der Waals surface area contributed by atoms with E-state index >= 15 is 0 Å². The summed E-state index contributed by atoms with van der Waals surface area (Å²) in [6.07, 6.45) is 4.93. The quantitative estimate of drug-likeness (QED) is 0.657. The smallest absolute Gasteiger partial charge is 0.225 e. The summed E-state index contributed by atoms with van der Waals surface area (Å²) in [4.78, 5) is 14.3. The second kappa shape index (κ2) is 7.75. The third-order valence-electron chi connectivity index (χ3n) is 6.10. The van der Waals surface area contributed by atoms with E-state index in [-0.39, 0.29) is 0 Å². The number of carbonyl (C=O) groups is 1. The zero-order valence-electron chi connectivity index (χ0n) is 16.7. The van der Waals surface area contributed by atoms with Crippen LogP contribution in [0, 0.1) is 23.2 Å². The van der Waals surface area contributed by atoms with Gasteiger partial charge in [-0.25, -0.2) is 0 Å². The molecule has 0 spiro atoms. The largest absolute Gasteiger partial charge is 0.342 e. The maximum Gasteiger partial charge on any atom is 0.225 e. The molecular formula is C24H23N5O. The average Bonchev–Trinajstić information content (AvgIpc) is 3.37. The minimum Gasteiger partial charge on any atom is -0.342 e. The van der Waals surface area contributed by atoms with Crippen LogP contribution in [0.15, 0.2) is 54.9 Å². The van der Waals surface area contributed by atoms with Crippen LogP contribution in [0.25, 0.3) is 22.5 Å². The molecule has 5 rings (SSSR count). The number of amides is 1. The van der Waals surface area contributed by atoms with Gasteiger partial charge >= 0.3 is 0 Å². The number of hydrogen-bond acceptors (Lipinski definition) is 4. The standard InChI is InChI=1S/C24H23N5O/c25-13-21-3-1-2-4-22(21)18-5-7-19(8-6-18)23-27-26-16-29(23)15-17-11-12-28(14-17)24(30)20-9-10-20/h1-8,16-17,20H,9-12,14-15H2/t17-/m0/s1. The summed E-state index contributed by atoms with van der Waals surface area (Å²) in [5, 5.41) is 17.8. The average molecular weight is 397 g/mol. The van der Waals surface area contributed by atoms with Crippen LogP contribution in [-0.2, 0) is 11.3 Å². The summed E-state index contributed by atoms with van der Waals surface area (Å²) >= 11 is 0. The summed E-state index contributed by atoms with van der Waals surface area (Å²) in [5.41, 5.74) is 3.60. The highest BCUT2D eigenvalue weighted by Gasteiger charge is 2.36. The van der Waals surface area contributed by atoms with Gasteiger partial charge in [-0.2, -0.15) is 5.26 Å². The molecule has 2 fully saturated rings. The summed E-state index contributed by atoms with van der Waals surface area (Å²) in [5.74, 6) is 1.90. The molecule has 6 heteroatoms. The lowest BCUT2D eigenvalue weighted by atomic mass is 9.99. The second-order valence-corrected chi connectivity index (χ2v) is 8.25. The highest BCUT2D eigenvalue weighted by Crippen LogP contribution is 2.33. The molecule has 1 amide bonds. The molecular weight excluding hydrogens is 374 g/mol. The van der Waals surface area contributed by atoms with Crippen molar-refractivity contribution >= 4 is 5.91 Å². The fraction of sp³-hybridized carbons (Fsp3) is 0.333. The van der Waals surface area contributed by atoms with E-state index in [0.29, 0.717) is 23.3 Å². The lowest BCUT2D eigenvalue weighted by Crippen LogP contribution is -2.30. The monoisotopic (exact) mass is 397 g/mol. The summed E-state index contributed by atoms with van der Waals surface area (Å²) < 4.78 is 2.09. The minimum atomic E-state index is 0.291. The van der Waals surface area contributed by atoms with E-state index in [1.54, 1.807) is 6.33 Å². The fourth-order valence-corrected chi connectivity index (χ4v) is 4.29. The molecule has 1 aliphatic heterocycles. The Bertz CT molecular complexity index is 1110. The Balaban J connectivity index is 1.31. The number of benzene rings is 2. The van der Waals surface area contributed by atoms with Gasteiger partial charge in [0.05, 0.1) is 11.6 Å². The third-order valence-corrected chi connectivity index (χ3v) is 6.10. The molecule has 3 aromatic rings. The van der Waals surface area contributed by atoms with Gasteiger partial charge < -0.3 is 9.47 Å². The van der Waals surface area contributed by atoms with Crippen molar-refractivity contribution in [1.29, 1.82) is 5.26 Å². The Kier molecular flexibility index (Phi) is 4.80. The van der Waals surface area contributed by atoms with Gasteiger partial charge in [-0.1, -0.05) is 42.5 Å². The van der Waals surface area contributed by atoms with Crippen LogP contribution in [0.5, 0.6) is 0 Å². The molecule has 1 saturated carbocycles. The predicted octanol–water partition coefficient (Wildman–Crippen LogP) is 3.74. The summed E-state index contributed by atoms with van der Waals surface area (Å²) in [7, 11) is 0. The molecule has 6 nitrogen and oxygen atoms in total. The Hall–Kier alpha value is -3.46. The predicted molar refractivity (Wildman–Crippen MR) is 113 cm³/mol. The number of nitrogens with zero attached hydrogens (tertiary/aromatic N) is 5. The van der Waals surface area contributed by atoms with E-state index in [1.807, 2.05) is 53.4 Å². The minimum absolute atomic E-state index is 0.291. The molecule has 0 N–H and O–H groups in total. The van der Waals surface area contributed by atoms with Gasteiger partial charge in [0.25, 0.3) is 0 Å². The van der Waals surface area contributed by atoms with Crippen molar-refractivity contribution in [3.8, 4) is 28.6 Å². The van der Waals surface area contributed by atoms with Crippen LogP contribution in [-0.4, -0.2) is 38.7 Å². The molecule has 2 aliphatic rings. The van der Waals surface area contributed by atoms with Crippen molar-refractivity contribution in [2.45, 2.75) is 25.8 Å². The lowest BCUT2D eigenvalue weighted by molar-refractivity contribution is -0.131. The van der Waals surface area contributed by atoms with Gasteiger partial charge in [-0.05, 0) is 42.4 Å². The third kappa shape index (κ3) is 3.59. The van der Waals surface area contributed by atoms with Crippen LogP contribution in [0.4, 0.5) is 0 Å². The highest BCUT2D eigenvalue weighted by molar-refractivity contribution is 5.81. The van der Waals surface area contributed by atoms with Crippen LogP contribution >= 0.6 is 0 Å². The van der Waals surface area contributed by atoms with Gasteiger partial charge in [0.2, 0.25) is 5.91 Å². The Morgan fingerprint density at radius 1 is 1.07 bits per heavy atom. The molecule has 1 saturated heterocycles. The molecule has 1 atom stereocenters. The van der Waals surface area contributed by atoms with Crippen molar-refractivity contribution < 1.29 is 4.79 Å². The van der Waals surface area contributed by atoms with Crippen molar-refractivity contribution in [3.05, 3.63) is 60.4 Å². The van der Waals surface area contributed by atoms with Gasteiger partial charge in [0, 0.05) is 31.1 Å². The van der Waals surface area contributed by atoms with Crippen LogP contribution in [0.1, 0.15) is 24.8 Å². The summed E-state index contributed by atoms with van der Waals surface area (Å²) in [6, 6.07) is 18.0. The Morgan fingerprint density at radius 2 is 1.83 bits per heavy atom. The topological polar surface area (TPSA) is 74.8 Å². The zero-order chi connectivity index (χ0) is 20.5. The maximum absolute atomic E-state index is 12.3. The van der Waals surface area contributed by atoms with E-state index in [2.05, 4.69) is 20.8 Å². The second-order valence-electron chi connectivity index (χ2n) is 8.25. The van der Waals surface area contributed by atoms with E-state index in [4.69, 9.17) is 0 Å². The van der Waals surface area contributed by atoms with E-state index in [1.165, 1.54) is 0 Å². The molecule has 0 unspecified atom stereocenters. The number of nitriles is 1. The van der Waals surface area contributed by atoms with Crippen molar-refractivity contribution in [1.82, 2.24) is 19.7 Å². The molecule has 1 aromatic heterocycles. The van der Waals surface area contributed by atoms with Crippen molar-refractivity contribution in [2.24, 2.45) is 11.8 Å². The highest BCUT2D eigenvalue weighted by atomic mass is 16.2. The molecule has 30 heavy (non-hydrogen) atoms. The SMILES string of the molecule is N#Cc1ccccc1-c1ccc(-c2nncn2C[C@H]2CCN(C(=O)C3CC3)C2)cc1. The number of carbonyl (C=O) groups excluding carboxylic acids is 1. The number of likely N-dealkylation sites (tertiary alicyclic amines) is 1. The van der Waals surface area contributed by atoms with Crippen molar-refractivity contribution in [2.75, 3.05) is 13.1 Å². The summed E-state index contributed by atoms with van der Waals surface area (Å²) in [6.45, 7) is 2.51. The number of rotatable bonds is 5. The Morgan fingerprint density at radius 3 is 2.60 bits per heavy atom. The number of hydrogen-bond donors (Lipinski definition) is 0. The van der Waals surface area contributed by atoms with Gasteiger partial charge in [-0.15, -0.1) is 10.2 Å². The first-order valence-corrected chi connectivity index (χ1v) is 10.5. The molecule has 2 heterocycles. The van der Waals surface area contributed by atoms with E-state index in [9.17, 15) is 10.1 Å². The van der Waals surface area contributed by atoms with Crippen LogP contribution in [0.2, 0.25) is 0 Å². The first kappa shape index (κ1) is 18.6. The van der Waals surface area contributed by atoms with Gasteiger partial charge in [-0.3, -0.25) is 4.79 Å². The Labute approximate surface area is 175 Å². The normalized spacial score (nSPS) is 18.4. The maximum atomic E-state index is 12.3. The van der Waals surface area contributed by atoms with E-state index < -0.39 is 0 Å². The molecule has 1 aliphatic carbocycles. The molecule has 0 bridgehead atoms. The van der Waals surface area contributed by atoms with Crippen LogP contribution < -0.4 is 0 Å². The van der Waals surface area contributed by atoms with E-state index in [0.717, 1.165) is 61.4 Å². The first-order chi connectivity index (χ1) is 14.7. The van der Waals surface area contributed by atoms with Gasteiger partial charge in [0.1, 0.15) is 6.33 Å². The number of aromatic nitrogens is 3. The molecule has 2 aromatic carbocycles. The van der Waals surface area contributed by atoms with Crippen molar-refractivity contribution in [3.63, 3.8) is 0 Å². The first-order valence-electron chi connectivity index (χ1n) is 10.5. The molecule has 150 valence electrons. The zero-order valence-corrected chi connectivity index (χ0v) is 16.7. The van der Waals surface area contributed by atoms with Crippen LogP contribution in [0.3, 0.4) is 0 Å². The molecule has 0 radical (unpaired) electrons.